The van der Waals surface area contributed by atoms with Gasteiger partial charge in [0.25, 0.3) is 0 Å². The predicted molar refractivity (Wildman–Crippen MR) is 94.9 cm³/mol. The Morgan fingerprint density at radius 2 is 1.05 bits per heavy atom. The highest BCUT2D eigenvalue weighted by Gasteiger charge is 2.22. The summed E-state index contributed by atoms with van der Waals surface area (Å²) in [7, 11) is 0. The highest BCUT2D eigenvalue weighted by molar-refractivity contribution is 5.79. The molecule has 110 valence electrons. The number of hydrogen-bond acceptors (Lipinski definition) is 0. The molecule has 0 fully saturated rings. The lowest BCUT2D eigenvalue weighted by Crippen LogP contribution is -1.88. The Bertz CT molecular complexity index is 709. The molecule has 2 aliphatic carbocycles. The van der Waals surface area contributed by atoms with Gasteiger partial charge in [0, 0.05) is 11.8 Å². The van der Waals surface area contributed by atoms with Crippen LogP contribution >= 0.6 is 0 Å². The van der Waals surface area contributed by atoms with Crippen LogP contribution in [0.2, 0.25) is 0 Å². The third kappa shape index (κ3) is 2.14. The second-order valence-electron chi connectivity index (χ2n) is 6.64. The van der Waals surface area contributed by atoms with Crippen molar-refractivity contribution in [2.24, 2.45) is 0 Å². The van der Waals surface area contributed by atoms with E-state index >= 15 is 0 Å². The largest absolute Gasteiger partial charge is 0.0734 e. The zero-order valence-electron chi connectivity index (χ0n) is 13.3. The highest BCUT2D eigenvalue weighted by atomic mass is 14.3. The van der Waals surface area contributed by atoms with Crippen LogP contribution in [0.15, 0.2) is 60.7 Å². The molecular weight excluding hydrogens is 264 g/mol. The minimum Gasteiger partial charge on any atom is -0.0734 e. The number of benzene rings is 2. The molecule has 0 N–H and O–H groups in total. The Morgan fingerprint density at radius 3 is 1.50 bits per heavy atom. The van der Waals surface area contributed by atoms with Gasteiger partial charge in [-0.15, -0.1) is 0 Å². The highest BCUT2D eigenvalue weighted by Crippen LogP contribution is 2.42. The van der Waals surface area contributed by atoms with E-state index in [2.05, 4.69) is 74.5 Å². The standard InChI is InChI=1S/C22H22/c1-15-13-17(21-9-5-3-7-19(15)21)11-12-18-14-16(2)20-8-4-6-10-22(18)20/h3-10,13-16H,11-12H2,1-2H3. The normalized spacial score (nSPS) is 22.1. The summed E-state index contributed by atoms with van der Waals surface area (Å²) < 4.78 is 0. The minimum atomic E-state index is 0.565. The average molecular weight is 286 g/mol. The van der Waals surface area contributed by atoms with E-state index in [1.165, 1.54) is 33.4 Å². The first-order valence-electron chi connectivity index (χ1n) is 8.34. The molecule has 0 spiro atoms. The molecule has 2 aliphatic rings. The molecule has 22 heavy (non-hydrogen) atoms. The Labute approximate surface area is 133 Å². The van der Waals surface area contributed by atoms with Gasteiger partial charge in [-0.2, -0.15) is 0 Å². The summed E-state index contributed by atoms with van der Waals surface area (Å²) in [5.41, 5.74) is 8.98. The van der Waals surface area contributed by atoms with Crippen molar-refractivity contribution in [2.75, 3.05) is 0 Å². The molecule has 0 bridgehead atoms. The average Bonchev–Trinajstić information content (AvgIpc) is 3.04. The second kappa shape index (κ2) is 5.28. The molecule has 0 aliphatic heterocycles. The SMILES string of the molecule is CC1C=C(CCC2=CC(C)c3ccccc32)c2ccccc21. The first-order valence-corrected chi connectivity index (χ1v) is 8.34. The molecule has 0 nitrogen and oxygen atoms in total. The summed E-state index contributed by atoms with van der Waals surface area (Å²) in [6, 6.07) is 17.8. The van der Waals surface area contributed by atoms with Gasteiger partial charge in [0.2, 0.25) is 0 Å². The van der Waals surface area contributed by atoms with Crippen LogP contribution in [0.3, 0.4) is 0 Å². The van der Waals surface area contributed by atoms with Crippen LogP contribution < -0.4 is 0 Å². The van der Waals surface area contributed by atoms with Gasteiger partial charge in [0.15, 0.2) is 0 Å². The van der Waals surface area contributed by atoms with Crippen molar-refractivity contribution in [3.63, 3.8) is 0 Å². The minimum absolute atomic E-state index is 0.565. The van der Waals surface area contributed by atoms with Crippen LogP contribution in [0.1, 0.15) is 60.8 Å². The van der Waals surface area contributed by atoms with E-state index in [0.717, 1.165) is 12.8 Å². The van der Waals surface area contributed by atoms with Crippen LogP contribution in [0.25, 0.3) is 11.1 Å². The number of rotatable bonds is 3. The van der Waals surface area contributed by atoms with E-state index < -0.39 is 0 Å². The molecule has 0 saturated heterocycles. The molecule has 4 rings (SSSR count). The third-order valence-corrected chi connectivity index (χ3v) is 5.16. The molecule has 2 aromatic rings. The Hall–Kier alpha value is -2.08. The number of allylic oxidation sites excluding steroid dienone is 4. The van der Waals surface area contributed by atoms with Gasteiger partial charge in [0.05, 0.1) is 0 Å². The van der Waals surface area contributed by atoms with Gasteiger partial charge in [-0.05, 0) is 46.2 Å². The lowest BCUT2D eigenvalue weighted by molar-refractivity contribution is 0.987. The maximum atomic E-state index is 2.45. The lowest BCUT2D eigenvalue weighted by atomic mass is 9.96. The van der Waals surface area contributed by atoms with Gasteiger partial charge in [-0.25, -0.2) is 0 Å². The Balaban J connectivity index is 1.56. The summed E-state index contributed by atoms with van der Waals surface area (Å²) in [5, 5.41) is 0. The van der Waals surface area contributed by atoms with Crippen LogP contribution in [0.5, 0.6) is 0 Å². The van der Waals surface area contributed by atoms with Crippen molar-refractivity contribution in [2.45, 2.75) is 38.5 Å². The zero-order chi connectivity index (χ0) is 15.1. The van der Waals surface area contributed by atoms with Gasteiger partial charge in [0.1, 0.15) is 0 Å². The topological polar surface area (TPSA) is 0 Å². The van der Waals surface area contributed by atoms with Crippen molar-refractivity contribution < 1.29 is 0 Å². The van der Waals surface area contributed by atoms with Gasteiger partial charge >= 0.3 is 0 Å². The lowest BCUT2D eigenvalue weighted by Gasteiger charge is -2.08. The molecule has 0 amide bonds. The monoisotopic (exact) mass is 286 g/mol. The third-order valence-electron chi connectivity index (χ3n) is 5.16. The van der Waals surface area contributed by atoms with Gasteiger partial charge in [-0.1, -0.05) is 74.5 Å². The number of fused-ring (bicyclic) bond motifs is 2. The molecule has 2 unspecified atom stereocenters. The van der Waals surface area contributed by atoms with Gasteiger partial charge in [-0.3, -0.25) is 0 Å². The molecule has 2 atom stereocenters. The smallest absolute Gasteiger partial charge is 0.000163 e. The fraction of sp³-hybridized carbons (Fsp3) is 0.273. The van der Waals surface area contributed by atoms with E-state index in [9.17, 15) is 0 Å². The van der Waals surface area contributed by atoms with E-state index in [1.807, 2.05) is 0 Å². The van der Waals surface area contributed by atoms with Crippen LogP contribution in [-0.4, -0.2) is 0 Å². The molecule has 0 heterocycles. The van der Waals surface area contributed by atoms with E-state index in [4.69, 9.17) is 0 Å². The van der Waals surface area contributed by atoms with Crippen molar-refractivity contribution >= 4 is 11.1 Å². The summed E-state index contributed by atoms with van der Waals surface area (Å²) in [5.74, 6) is 1.13. The summed E-state index contributed by atoms with van der Waals surface area (Å²) in [6.07, 6.45) is 7.20. The molecular formula is C22H22. The van der Waals surface area contributed by atoms with Crippen molar-refractivity contribution in [3.05, 3.63) is 82.9 Å². The summed E-state index contributed by atoms with van der Waals surface area (Å²) >= 11 is 0. The quantitative estimate of drug-likeness (QED) is 0.633. The van der Waals surface area contributed by atoms with Crippen molar-refractivity contribution in [1.29, 1.82) is 0 Å². The maximum absolute atomic E-state index is 2.45. The Kier molecular flexibility index (Phi) is 3.26. The number of hydrogen-bond donors (Lipinski definition) is 0. The molecule has 0 aromatic heterocycles. The summed E-state index contributed by atoms with van der Waals surface area (Å²) in [6.45, 7) is 4.61. The molecule has 0 saturated carbocycles. The van der Waals surface area contributed by atoms with Crippen LogP contribution in [0.4, 0.5) is 0 Å². The molecule has 0 radical (unpaired) electrons. The fourth-order valence-electron chi connectivity index (χ4n) is 4.04. The van der Waals surface area contributed by atoms with Gasteiger partial charge < -0.3 is 0 Å². The Morgan fingerprint density at radius 1 is 0.636 bits per heavy atom. The summed E-state index contributed by atoms with van der Waals surface area (Å²) in [4.78, 5) is 0. The second-order valence-corrected chi connectivity index (χ2v) is 6.64. The van der Waals surface area contributed by atoms with E-state index in [-0.39, 0.29) is 0 Å². The van der Waals surface area contributed by atoms with E-state index in [0.29, 0.717) is 11.8 Å². The predicted octanol–water partition coefficient (Wildman–Crippen LogP) is 6.17. The zero-order valence-corrected chi connectivity index (χ0v) is 13.3. The first kappa shape index (κ1) is 13.6. The maximum Gasteiger partial charge on any atom is 0.000163 e. The molecule has 2 aromatic carbocycles. The van der Waals surface area contributed by atoms with E-state index in [1.54, 1.807) is 0 Å². The molecule has 0 heteroatoms. The van der Waals surface area contributed by atoms with Crippen molar-refractivity contribution in [1.82, 2.24) is 0 Å². The van der Waals surface area contributed by atoms with Crippen LogP contribution in [-0.2, 0) is 0 Å². The van der Waals surface area contributed by atoms with Crippen molar-refractivity contribution in [3.8, 4) is 0 Å². The first-order chi connectivity index (χ1) is 10.7. The fourth-order valence-corrected chi connectivity index (χ4v) is 4.04. The van der Waals surface area contributed by atoms with Crippen LogP contribution in [0, 0.1) is 0 Å².